The van der Waals surface area contributed by atoms with E-state index in [1.54, 1.807) is 22.6 Å². The van der Waals surface area contributed by atoms with E-state index in [1.165, 1.54) is 6.07 Å². The first kappa shape index (κ1) is 11.3. The monoisotopic (exact) mass is 363 g/mol. The predicted molar refractivity (Wildman–Crippen MR) is 55.5 cm³/mol. The fourth-order valence-corrected chi connectivity index (χ4v) is 1.98. The molecule has 6 heteroatoms. The number of alkyl halides is 2. The highest BCUT2D eigenvalue weighted by molar-refractivity contribution is 14.1. The van der Waals surface area contributed by atoms with Crippen LogP contribution in [0.2, 0.25) is 0 Å². The van der Waals surface area contributed by atoms with Crippen molar-refractivity contribution in [2.75, 3.05) is 0 Å². The van der Waals surface area contributed by atoms with Gasteiger partial charge in [-0.15, -0.1) is 0 Å². The fraction of sp³-hybridized carbons (Fsp3) is 0.286. The van der Waals surface area contributed by atoms with Crippen LogP contribution in [-0.2, 0) is 6.61 Å². The standard InChI is InChI=1S/C7H5BrF2INO/c8-4-1-3(2-13)5(11)6(12-4)7(9)10/h1,7,13H,2H2. The molecule has 0 saturated heterocycles. The van der Waals surface area contributed by atoms with Crippen LogP contribution in [0.25, 0.3) is 0 Å². The topological polar surface area (TPSA) is 33.1 Å². The molecule has 0 aliphatic rings. The van der Waals surface area contributed by atoms with Gasteiger partial charge in [0.15, 0.2) is 0 Å². The van der Waals surface area contributed by atoms with Crippen molar-refractivity contribution < 1.29 is 13.9 Å². The summed E-state index contributed by atoms with van der Waals surface area (Å²) in [7, 11) is 0. The number of halogens is 4. The Labute approximate surface area is 95.6 Å². The van der Waals surface area contributed by atoms with Gasteiger partial charge in [0.1, 0.15) is 10.3 Å². The number of hydrogen-bond acceptors (Lipinski definition) is 2. The Balaban J connectivity index is 3.27. The minimum absolute atomic E-state index is 0.265. The second kappa shape index (κ2) is 4.61. The highest BCUT2D eigenvalue weighted by Crippen LogP contribution is 2.27. The maximum atomic E-state index is 12.4. The van der Waals surface area contributed by atoms with Crippen LogP contribution in [0.5, 0.6) is 0 Å². The lowest BCUT2D eigenvalue weighted by Gasteiger charge is -2.07. The van der Waals surface area contributed by atoms with Gasteiger partial charge < -0.3 is 5.11 Å². The summed E-state index contributed by atoms with van der Waals surface area (Å²) in [6, 6.07) is 1.52. The first-order chi connectivity index (χ1) is 6.06. The molecule has 0 aromatic carbocycles. The molecule has 0 bridgehead atoms. The second-order valence-corrected chi connectivity index (χ2v) is 4.15. The first-order valence-corrected chi connectivity index (χ1v) is 5.17. The third-order valence-corrected chi connectivity index (χ3v) is 3.06. The highest BCUT2D eigenvalue weighted by Gasteiger charge is 2.16. The van der Waals surface area contributed by atoms with Gasteiger partial charge in [-0.3, -0.25) is 0 Å². The molecule has 1 N–H and O–H groups in total. The van der Waals surface area contributed by atoms with E-state index in [1.807, 2.05) is 0 Å². The number of hydrogen-bond donors (Lipinski definition) is 1. The normalized spacial score (nSPS) is 10.9. The van der Waals surface area contributed by atoms with Crippen molar-refractivity contribution in [3.05, 3.63) is 25.5 Å². The van der Waals surface area contributed by atoms with Crippen molar-refractivity contribution in [2.45, 2.75) is 13.0 Å². The van der Waals surface area contributed by atoms with Gasteiger partial charge in [-0.05, 0) is 50.2 Å². The molecule has 72 valence electrons. The molecular formula is C7H5BrF2INO. The van der Waals surface area contributed by atoms with Crippen LogP contribution >= 0.6 is 38.5 Å². The Morgan fingerprint density at radius 2 is 2.23 bits per heavy atom. The van der Waals surface area contributed by atoms with Crippen LogP contribution in [0.1, 0.15) is 17.7 Å². The maximum absolute atomic E-state index is 12.4. The van der Waals surface area contributed by atoms with Gasteiger partial charge in [-0.2, -0.15) is 0 Å². The van der Waals surface area contributed by atoms with Crippen LogP contribution in [0, 0.1) is 3.57 Å². The van der Waals surface area contributed by atoms with Crippen LogP contribution in [0.4, 0.5) is 8.78 Å². The van der Waals surface area contributed by atoms with E-state index in [0.29, 0.717) is 13.7 Å². The summed E-state index contributed by atoms with van der Waals surface area (Å²) in [5, 5.41) is 8.85. The largest absolute Gasteiger partial charge is 0.392 e. The zero-order chi connectivity index (χ0) is 10.0. The lowest BCUT2D eigenvalue weighted by Crippen LogP contribution is -2.00. The lowest BCUT2D eigenvalue weighted by molar-refractivity contribution is 0.144. The number of aromatic nitrogens is 1. The van der Waals surface area contributed by atoms with E-state index >= 15 is 0 Å². The molecule has 1 heterocycles. The molecule has 1 rings (SSSR count). The van der Waals surface area contributed by atoms with E-state index in [9.17, 15) is 8.78 Å². The van der Waals surface area contributed by atoms with Gasteiger partial charge in [-0.25, -0.2) is 13.8 Å². The minimum Gasteiger partial charge on any atom is -0.392 e. The molecule has 13 heavy (non-hydrogen) atoms. The van der Waals surface area contributed by atoms with Crippen molar-refractivity contribution in [3.63, 3.8) is 0 Å². The Bertz CT molecular complexity index is 322. The summed E-state index contributed by atoms with van der Waals surface area (Å²) in [4.78, 5) is 3.63. The Kier molecular flexibility index (Phi) is 3.99. The van der Waals surface area contributed by atoms with Crippen molar-refractivity contribution in [1.82, 2.24) is 4.98 Å². The van der Waals surface area contributed by atoms with E-state index < -0.39 is 6.43 Å². The molecule has 0 fully saturated rings. The first-order valence-electron chi connectivity index (χ1n) is 3.30. The Hall–Kier alpha value is 0.180. The zero-order valence-corrected chi connectivity index (χ0v) is 10.0. The van der Waals surface area contributed by atoms with Gasteiger partial charge in [0.05, 0.1) is 6.61 Å². The third-order valence-electron chi connectivity index (χ3n) is 1.40. The van der Waals surface area contributed by atoms with Crippen molar-refractivity contribution in [1.29, 1.82) is 0 Å². The van der Waals surface area contributed by atoms with E-state index in [4.69, 9.17) is 5.11 Å². The predicted octanol–water partition coefficient (Wildman–Crippen LogP) is 2.88. The molecule has 0 saturated carbocycles. The number of pyridine rings is 1. The highest BCUT2D eigenvalue weighted by atomic mass is 127. The molecular weight excluding hydrogens is 359 g/mol. The van der Waals surface area contributed by atoms with Gasteiger partial charge in [-0.1, -0.05) is 0 Å². The minimum atomic E-state index is -2.62. The van der Waals surface area contributed by atoms with Crippen molar-refractivity contribution >= 4 is 38.5 Å². The molecule has 1 aromatic rings. The van der Waals surface area contributed by atoms with Gasteiger partial charge in [0.25, 0.3) is 6.43 Å². The Morgan fingerprint density at radius 3 is 2.69 bits per heavy atom. The number of aliphatic hydroxyl groups excluding tert-OH is 1. The molecule has 0 aliphatic heterocycles. The average Bonchev–Trinajstić information content (AvgIpc) is 2.08. The van der Waals surface area contributed by atoms with Gasteiger partial charge in [0.2, 0.25) is 0 Å². The van der Waals surface area contributed by atoms with Gasteiger partial charge >= 0.3 is 0 Å². The molecule has 0 aliphatic carbocycles. The van der Waals surface area contributed by atoms with E-state index in [-0.39, 0.29) is 12.3 Å². The zero-order valence-electron chi connectivity index (χ0n) is 6.27. The van der Waals surface area contributed by atoms with Crippen LogP contribution in [-0.4, -0.2) is 10.1 Å². The summed E-state index contributed by atoms with van der Waals surface area (Å²) < 4.78 is 25.3. The summed E-state index contributed by atoms with van der Waals surface area (Å²) in [5.41, 5.74) is 0.164. The summed E-state index contributed by atoms with van der Waals surface area (Å²) >= 11 is 4.75. The molecule has 1 aromatic heterocycles. The Morgan fingerprint density at radius 1 is 1.62 bits per heavy atom. The number of aliphatic hydroxyl groups is 1. The SMILES string of the molecule is OCc1cc(Br)nc(C(F)F)c1I. The molecule has 0 amide bonds. The number of rotatable bonds is 2. The molecule has 0 unspecified atom stereocenters. The van der Waals surface area contributed by atoms with E-state index in [2.05, 4.69) is 20.9 Å². The molecule has 2 nitrogen and oxygen atoms in total. The summed E-state index contributed by atoms with van der Waals surface area (Å²) in [6.07, 6.45) is -2.62. The summed E-state index contributed by atoms with van der Waals surface area (Å²) in [5.74, 6) is 0. The van der Waals surface area contributed by atoms with Crippen molar-refractivity contribution in [2.24, 2.45) is 0 Å². The molecule has 0 atom stereocenters. The average molecular weight is 364 g/mol. The smallest absolute Gasteiger partial charge is 0.281 e. The fourth-order valence-electron chi connectivity index (χ4n) is 0.828. The maximum Gasteiger partial charge on any atom is 0.281 e. The summed E-state index contributed by atoms with van der Waals surface area (Å²) in [6.45, 7) is -0.265. The van der Waals surface area contributed by atoms with E-state index in [0.717, 1.165) is 0 Å². The van der Waals surface area contributed by atoms with Crippen LogP contribution < -0.4 is 0 Å². The van der Waals surface area contributed by atoms with Crippen LogP contribution in [0.3, 0.4) is 0 Å². The second-order valence-electron chi connectivity index (χ2n) is 2.26. The van der Waals surface area contributed by atoms with Gasteiger partial charge in [0, 0.05) is 3.57 Å². The molecule has 0 radical (unpaired) electrons. The third kappa shape index (κ3) is 2.57. The van der Waals surface area contributed by atoms with Crippen LogP contribution in [0.15, 0.2) is 10.7 Å². The molecule has 0 spiro atoms. The quantitative estimate of drug-likeness (QED) is 0.647. The lowest BCUT2D eigenvalue weighted by atomic mass is 10.2. The van der Waals surface area contributed by atoms with Crippen molar-refractivity contribution in [3.8, 4) is 0 Å². The number of nitrogens with zero attached hydrogens (tertiary/aromatic N) is 1.